The molecule has 6 aromatic rings. The van der Waals surface area contributed by atoms with Gasteiger partial charge in [-0.1, -0.05) is 139 Å². The Morgan fingerprint density at radius 2 is 0.769 bits per heavy atom. The summed E-state index contributed by atoms with van der Waals surface area (Å²) in [5.74, 6) is -16.4. The first-order valence-corrected chi connectivity index (χ1v) is 28.0. The molecule has 15 heteroatoms. The Kier molecular flexibility index (Phi) is 17.3. The average molecular weight is 1120 g/mol. The number of methoxy groups -OCH3 is 1. The van der Waals surface area contributed by atoms with Gasteiger partial charge in [0.2, 0.25) is 0 Å². The molecule has 2 aromatic heterocycles. The van der Waals surface area contributed by atoms with Crippen molar-refractivity contribution >= 4 is 33.8 Å². The van der Waals surface area contributed by atoms with E-state index in [4.69, 9.17) is 33.5 Å². The van der Waals surface area contributed by atoms with Gasteiger partial charge in [-0.15, -0.1) is 22.7 Å². The second kappa shape index (κ2) is 22.7. The second-order valence-corrected chi connectivity index (χ2v) is 25.1. The lowest BCUT2D eigenvalue weighted by Gasteiger charge is -2.37. The monoisotopic (exact) mass is 1120 g/mol. The van der Waals surface area contributed by atoms with Gasteiger partial charge in [0.1, 0.15) is 0 Å². The molecule has 0 amide bonds. The number of halogens is 6. The molecule has 0 atom stereocenters. The van der Waals surface area contributed by atoms with E-state index in [1.807, 2.05) is 113 Å². The summed E-state index contributed by atoms with van der Waals surface area (Å²) in [6, 6.07) is 33.1. The summed E-state index contributed by atoms with van der Waals surface area (Å²) in [6.45, 7) is 23.0. The molecule has 2 aliphatic rings. The van der Waals surface area contributed by atoms with Crippen LogP contribution in [0.2, 0.25) is 0 Å². The molecule has 0 radical (unpaired) electrons. The summed E-state index contributed by atoms with van der Waals surface area (Å²) in [7, 11) is 1.61. The van der Waals surface area contributed by atoms with Crippen molar-refractivity contribution in [2.45, 2.75) is 114 Å². The Bertz CT molecular complexity index is 2980. The fourth-order valence-corrected chi connectivity index (χ4v) is 13.1. The summed E-state index contributed by atoms with van der Waals surface area (Å²) in [5.41, 5.74) is -1.41. The molecule has 0 unspecified atom stereocenters. The van der Waals surface area contributed by atoms with Crippen LogP contribution in [-0.4, -0.2) is 96.1 Å². The number of alkyl halides is 6. The molecule has 0 bridgehead atoms. The van der Waals surface area contributed by atoms with E-state index in [2.05, 4.69) is 41.5 Å². The van der Waals surface area contributed by atoms with Gasteiger partial charge in [0.15, 0.2) is 0 Å². The normalized spacial score (nSPS) is 16.7. The fraction of sp³-hybridized carbons (Fsp3) is 0.460. The summed E-state index contributed by atoms with van der Waals surface area (Å²) >= 11 is 2.28. The first-order chi connectivity index (χ1) is 36.6. The molecule has 8 rings (SSSR count). The van der Waals surface area contributed by atoms with Crippen LogP contribution in [-0.2, 0) is 55.9 Å². The van der Waals surface area contributed by atoms with Crippen molar-refractivity contribution in [3.05, 3.63) is 163 Å². The summed E-state index contributed by atoms with van der Waals surface area (Å²) in [5, 5.41) is 9.11. The molecule has 0 fully saturated rings. The molecular formula is C63H72F6O7S2. The van der Waals surface area contributed by atoms with Gasteiger partial charge in [-0.05, 0) is 95.2 Å². The Balaban J connectivity index is 1.33. The van der Waals surface area contributed by atoms with Crippen molar-refractivity contribution in [3.63, 3.8) is 0 Å². The maximum atomic E-state index is 17.3. The minimum absolute atomic E-state index is 0.113. The fourth-order valence-electron chi connectivity index (χ4n) is 10.2. The first-order valence-electron chi connectivity index (χ1n) is 26.4. The molecule has 2 aliphatic carbocycles. The van der Waals surface area contributed by atoms with E-state index in [1.165, 1.54) is 12.1 Å². The van der Waals surface area contributed by atoms with Crippen LogP contribution >= 0.6 is 22.7 Å². The van der Waals surface area contributed by atoms with E-state index in [0.29, 0.717) is 65.0 Å². The lowest BCUT2D eigenvalue weighted by molar-refractivity contribution is -0.254. The van der Waals surface area contributed by atoms with Gasteiger partial charge in [0, 0.05) is 48.9 Å². The Labute approximate surface area is 463 Å². The van der Waals surface area contributed by atoms with Crippen molar-refractivity contribution in [2.75, 3.05) is 73.2 Å². The summed E-state index contributed by atoms with van der Waals surface area (Å²) in [4.78, 5) is 1.27. The van der Waals surface area contributed by atoms with Crippen molar-refractivity contribution in [1.82, 2.24) is 0 Å². The van der Waals surface area contributed by atoms with Gasteiger partial charge in [-0.3, -0.25) is 0 Å². The quantitative estimate of drug-likeness (QED) is 0.0536. The zero-order valence-electron chi connectivity index (χ0n) is 46.4. The SMILES string of the molecule is COCCOCCOCCOC(C)(C)c1ccc(-c2cc3c(s2)C(c2ccc(C(C)(C)C)cc2)(c2ccc(C(C)(C)C)cc2)c2sc(-c4ccc(C(C)(C)OCCOCCO)cc4)cc2C2=C3C(F)(F)C(F)(F)C2(F)F)cc1. The van der Waals surface area contributed by atoms with Crippen LogP contribution in [0.3, 0.4) is 0 Å². The van der Waals surface area contributed by atoms with Crippen molar-refractivity contribution in [1.29, 1.82) is 0 Å². The predicted octanol–water partition coefficient (Wildman–Crippen LogP) is 15.5. The van der Waals surface area contributed by atoms with Crippen molar-refractivity contribution < 1.29 is 59.9 Å². The lowest BCUT2D eigenvalue weighted by atomic mass is 9.69. The van der Waals surface area contributed by atoms with Crippen LogP contribution in [0.1, 0.15) is 123 Å². The number of fused-ring (bicyclic) bond motifs is 4. The second-order valence-electron chi connectivity index (χ2n) is 23.0. The molecule has 2 heterocycles. The van der Waals surface area contributed by atoms with Crippen LogP contribution in [0.5, 0.6) is 0 Å². The number of benzene rings is 4. The maximum absolute atomic E-state index is 17.3. The van der Waals surface area contributed by atoms with E-state index >= 15 is 26.3 Å². The third-order valence-electron chi connectivity index (χ3n) is 14.9. The minimum atomic E-state index is -5.78. The number of hydrogen-bond donors (Lipinski definition) is 1. The minimum Gasteiger partial charge on any atom is -0.394 e. The number of thiophene rings is 2. The van der Waals surface area contributed by atoms with E-state index in [9.17, 15) is 0 Å². The van der Waals surface area contributed by atoms with E-state index in [1.54, 1.807) is 19.2 Å². The lowest BCUT2D eigenvalue weighted by Crippen LogP contribution is -2.49. The molecule has 0 saturated heterocycles. The standard InChI is InChI=1S/C63H72F6O7S2/c1-56(2,3)42-20-24-46(25-21-42)60(47-26-22-43(23-27-47)57(4,5)6)54-48(38-50(77-54)40-12-16-44(17-13-40)58(7,8)75-36-34-72-29-28-70)52-53(62(66,67)63(68,69)61(52,64)65)49-39-51(78-55(49)60)41-14-18-45(19-15-41)59(9,10)76-37-35-74-33-32-73-31-30-71-11/h12-27,38-39,70H,28-37H2,1-11H3. The van der Waals surface area contributed by atoms with Crippen LogP contribution < -0.4 is 0 Å². The van der Waals surface area contributed by atoms with Gasteiger partial charge in [-0.2, -0.15) is 26.3 Å². The van der Waals surface area contributed by atoms with Crippen molar-refractivity contribution in [3.8, 4) is 20.9 Å². The van der Waals surface area contributed by atoms with Gasteiger partial charge < -0.3 is 33.5 Å². The van der Waals surface area contributed by atoms with E-state index in [0.717, 1.165) is 44.9 Å². The number of allylic oxidation sites excluding steroid dienone is 2. The van der Waals surface area contributed by atoms with Crippen molar-refractivity contribution in [2.24, 2.45) is 0 Å². The van der Waals surface area contributed by atoms with E-state index in [-0.39, 0.29) is 64.7 Å². The number of ether oxygens (including phenoxy) is 6. The van der Waals surface area contributed by atoms with Gasteiger partial charge in [0.05, 0.1) is 82.7 Å². The molecule has 0 saturated carbocycles. The third kappa shape index (κ3) is 11.2. The number of rotatable bonds is 22. The average Bonchev–Trinajstić information content (AvgIpc) is 3.07. The zero-order chi connectivity index (χ0) is 56.7. The first kappa shape index (κ1) is 59.4. The van der Waals surface area contributed by atoms with Gasteiger partial charge in [0.25, 0.3) is 0 Å². The zero-order valence-corrected chi connectivity index (χ0v) is 48.1. The maximum Gasteiger partial charge on any atom is 0.380 e. The largest absolute Gasteiger partial charge is 0.394 e. The molecule has 1 N–H and O–H groups in total. The third-order valence-corrected chi connectivity index (χ3v) is 17.5. The highest BCUT2D eigenvalue weighted by atomic mass is 32.1. The van der Waals surface area contributed by atoms with Gasteiger partial charge >= 0.3 is 17.8 Å². The number of aliphatic hydroxyl groups excluding tert-OH is 1. The smallest absolute Gasteiger partial charge is 0.380 e. The molecule has 0 aliphatic heterocycles. The molecule has 78 heavy (non-hydrogen) atoms. The Hall–Kier alpha value is -4.68. The highest BCUT2D eigenvalue weighted by molar-refractivity contribution is 7.18. The van der Waals surface area contributed by atoms with Crippen LogP contribution in [0.15, 0.2) is 109 Å². The molecule has 4 aromatic carbocycles. The molecular weight excluding hydrogens is 1050 g/mol. The van der Waals surface area contributed by atoms with Crippen LogP contribution in [0.4, 0.5) is 26.3 Å². The van der Waals surface area contributed by atoms with Gasteiger partial charge in [-0.25, -0.2) is 0 Å². The van der Waals surface area contributed by atoms with Crippen LogP contribution in [0.25, 0.3) is 32.0 Å². The highest BCUT2D eigenvalue weighted by Gasteiger charge is 2.81. The topological polar surface area (TPSA) is 75.6 Å². The highest BCUT2D eigenvalue weighted by Crippen LogP contribution is 2.70. The number of hydrogen-bond acceptors (Lipinski definition) is 9. The van der Waals surface area contributed by atoms with E-state index < -0.39 is 45.5 Å². The predicted molar refractivity (Wildman–Crippen MR) is 300 cm³/mol. The summed E-state index contributed by atoms with van der Waals surface area (Å²) < 4.78 is 136. The van der Waals surface area contributed by atoms with Crippen LogP contribution in [0, 0.1) is 0 Å². The number of aliphatic hydroxyl groups is 1. The Morgan fingerprint density at radius 1 is 0.436 bits per heavy atom. The Morgan fingerprint density at radius 3 is 1.12 bits per heavy atom. The molecule has 7 nitrogen and oxygen atoms in total. The molecule has 420 valence electrons. The summed E-state index contributed by atoms with van der Waals surface area (Å²) in [6.07, 6.45) is 0. The molecule has 0 spiro atoms.